The Kier molecular flexibility index (Phi) is 10.8. The van der Waals surface area contributed by atoms with Gasteiger partial charge in [0.2, 0.25) is 0 Å². The molecule has 1 atom stereocenters. The van der Waals surface area contributed by atoms with Gasteiger partial charge >= 0.3 is 5.97 Å². The molecule has 2 heterocycles. The molecule has 8 nitrogen and oxygen atoms in total. The molecule has 0 aromatic carbocycles. The molecule has 1 fully saturated rings. The highest BCUT2D eigenvalue weighted by Crippen LogP contribution is 2.26. The number of aryl methyl sites for hydroxylation is 1. The third-order valence-corrected chi connectivity index (χ3v) is 6.50. The Bertz CT molecular complexity index is 689. The summed E-state index contributed by atoms with van der Waals surface area (Å²) in [7, 11) is 5.98. The van der Waals surface area contributed by atoms with Crippen LogP contribution in [0.5, 0.6) is 0 Å². The Balaban J connectivity index is 0.00000420. The summed E-state index contributed by atoms with van der Waals surface area (Å²) in [5.74, 6) is 0.400. The van der Waals surface area contributed by atoms with Gasteiger partial charge in [-0.1, -0.05) is 0 Å². The third kappa shape index (κ3) is 6.76. The lowest BCUT2D eigenvalue weighted by Crippen LogP contribution is -2.57. The summed E-state index contributed by atoms with van der Waals surface area (Å²) in [5.41, 5.74) is 0.748. The molecule has 1 aliphatic heterocycles. The second-order valence-corrected chi connectivity index (χ2v) is 8.24. The normalized spacial score (nSPS) is 17.4. The number of hydrogen-bond donors (Lipinski definition) is 2. The van der Waals surface area contributed by atoms with Crippen LogP contribution < -0.4 is 10.6 Å². The Morgan fingerprint density at radius 3 is 2.62 bits per heavy atom. The van der Waals surface area contributed by atoms with E-state index in [2.05, 4.69) is 39.6 Å². The quantitative estimate of drug-likeness (QED) is 0.238. The summed E-state index contributed by atoms with van der Waals surface area (Å²) in [6.45, 7) is 8.33. The summed E-state index contributed by atoms with van der Waals surface area (Å²) >= 11 is 1.36. The maximum Gasteiger partial charge on any atom is 0.350 e. The van der Waals surface area contributed by atoms with Crippen molar-refractivity contribution >= 4 is 47.2 Å². The maximum absolute atomic E-state index is 12.0. The smallest absolute Gasteiger partial charge is 0.350 e. The first-order valence-electron chi connectivity index (χ1n) is 9.69. The molecule has 2 N–H and O–H groups in total. The molecule has 2 rings (SSSR count). The molecule has 0 spiro atoms. The molecule has 0 radical (unpaired) electrons. The van der Waals surface area contributed by atoms with Crippen molar-refractivity contribution in [1.82, 2.24) is 20.5 Å². The Morgan fingerprint density at radius 2 is 2.07 bits per heavy atom. The summed E-state index contributed by atoms with van der Waals surface area (Å²) < 4.78 is 10.6. The molecule has 0 amide bonds. The number of esters is 1. The monoisotopic (exact) mass is 539 g/mol. The van der Waals surface area contributed by atoms with E-state index in [9.17, 15) is 4.79 Å². The first-order chi connectivity index (χ1) is 13.3. The number of likely N-dealkylation sites (N-methyl/N-ethyl adjacent to an activating group) is 1. The molecular weight excluding hydrogens is 505 g/mol. The molecule has 1 aromatic heterocycles. The first kappa shape index (κ1) is 26.1. The highest BCUT2D eigenvalue weighted by Gasteiger charge is 2.35. The molecular formula is C19H34IN5O3S. The number of nitrogens with one attached hydrogen (secondary N) is 2. The van der Waals surface area contributed by atoms with Crippen molar-refractivity contribution in [2.75, 3.05) is 47.5 Å². The first-order valence-corrected chi connectivity index (χ1v) is 10.5. The van der Waals surface area contributed by atoms with E-state index in [-0.39, 0.29) is 41.5 Å². The number of thiazole rings is 1. The van der Waals surface area contributed by atoms with Crippen molar-refractivity contribution in [2.45, 2.75) is 45.2 Å². The van der Waals surface area contributed by atoms with Crippen molar-refractivity contribution < 1.29 is 14.3 Å². The van der Waals surface area contributed by atoms with Crippen LogP contribution in [0.15, 0.2) is 4.99 Å². The highest BCUT2D eigenvalue weighted by atomic mass is 127. The number of rotatable bonds is 7. The minimum absolute atomic E-state index is 0. The van der Waals surface area contributed by atoms with Crippen molar-refractivity contribution in [2.24, 2.45) is 4.99 Å². The fourth-order valence-corrected chi connectivity index (χ4v) is 4.19. The molecule has 29 heavy (non-hydrogen) atoms. The van der Waals surface area contributed by atoms with Crippen LogP contribution in [0.4, 0.5) is 0 Å². The minimum Gasteiger partial charge on any atom is -0.462 e. The fourth-order valence-electron chi connectivity index (χ4n) is 3.23. The van der Waals surface area contributed by atoms with Crippen LogP contribution in [-0.4, -0.2) is 74.9 Å². The number of hydrogen-bond acceptors (Lipinski definition) is 7. The lowest BCUT2D eigenvalue weighted by Gasteiger charge is -2.43. The standard InChI is InChI=1S/C19H33N5O3S.HI/c1-7-27-17(25)15-13(2)22-16(28-15)14(3)23-18(20-4)21-12-19(24(5)6)8-10-26-11-9-19;/h14H,7-12H2,1-6H3,(H2,20,21,23);1H. The Hall–Kier alpha value is -0.980. The van der Waals surface area contributed by atoms with Gasteiger partial charge in [0.1, 0.15) is 9.88 Å². The number of halogens is 1. The van der Waals surface area contributed by atoms with Gasteiger partial charge in [-0.3, -0.25) is 4.99 Å². The second-order valence-electron chi connectivity index (χ2n) is 7.21. The van der Waals surface area contributed by atoms with Crippen LogP contribution in [-0.2, 0) is 9.47 Å². The summed E-state index contributed by atoms with van der Waals surface area (Å²) in [6, 6.07) is -0.0805. The molecule has 1 unspecified atom stereocenters. The number of carbonyl (C=O) groups excluding carboxylic acids is 1. The largest absolute Gasteiger partial charge is 0.462 e. The van der Waals surface area contributed by atoms with E-state index in [1.54, 1.807) is 14.0 Å². The predicted octanol–water partition coefficient (Wildman–Crippen LogP) is 2.58. The van der Waals surface area contributed by atoms with Crippen molar-refractivity contribution in [3.05, 3.63) is 15.6 Å². The van der Waals surface area contributed by atoms with Gasteiger partial charge in [-0.25, -0.2) is 9.78 Å². The number of carbonyl (C=O) groups is 1. The van der Waals surface area contributed by atoms with E-state index in [0.717, 1.165) is 37.6 Å². The SMILES string of the molecule is CCOC(=O)c1sc(C(C)NC(=NC)NCC2(N(C)C)CCOCC2)nc1C.I. The van der Waals surface area contributed by atoms with E-state index in [1.807, 2.05) is 13.8 Å². The summed E-state index contributed by atoms with van der Waals surface area (Å²) in [5, 5.41) is 7.66. The van der Waals surface area contributed by atoms with E-state index in [1.165, 1.54) is 11.3 Å². The van der Waals surface area contributed by atoms with Crippen LogP contribution >= 0.6 is 35.3 Å². The van der Waals surface area contributed by atoms with Crippen LogP contribution in [0.2, 0.25) is 0 Å². The molecule has 1 aliphatic rings. The zero-order chi connectivity index (χ0) is 20.7. The van der Waals surface area contributed by atoms with Gasteiger partial charge in [-0.15, -0.1) is 35.3 Å². The number of ether oxygens (including phenoxy) is 2. The van der Waals surface area contributed by atoms with E-state index in [4.69, 9.17) is 9.47 Å². The Morgan fingerprint density at radius 1 is 1.41 bits per heavy atom. The zero-order valence-corrected chi connectivity index (χ0v) is 21.3. The van der Waals surface area contributed by atoms with Crippen molar-refractivity contribution in [3.63, 3.8) is 0 Å². The van der Waals surface area contributed by atoms with E-state index >= 15 is 0 Å². The van der Waals surface area contributed by atoms with E-state index in [0.29, 0.717) is 23.1 Å². The van der Waals surface area contributed by atoms with Gasteiger partial charge in [0.15, 0.2) is 5.96 Å². The third-order valence-electron chi connectivity index (χ3n) is 5.18. The average molecular weight is 539 g/mol. The predicted molar refractivity (Wildman–Crippen MR) is 128 cm³/mol. The fraction of sp³-hybridized carbons (Fsp3) is 0.737. The van der Waals surface area contributed by atoms with Crippen LogP contribution in [0, 0.1) is 6.92 Å². The average Bonchev–Trinajstić information content (AvgIpc) is 3.07. The number of aliphatic imine (C=N–C) groups is 1. The molecule has 0 aliphatic carbocycles. The van der Waals surface area contributed by atoms with Gasteiger partial charge in [0.05, 0.1) is 18.3 Å². The number of guanidine groups is 1. The van der Waals surface area contributed by atoms with Crippen LogP contribution in [0.3, 0.4) is 0 Å². The van der Waals surface area contributed by atoms with Gasteiger partial charge in [0.25, 0.3) is 0 Å². The lowest BCUT2D eigenvalue weighted by atomic mass is 9.88. The van der Waals surface area contributed by atoms with Crippen molar-refractivity contribution in [3.8, 4) is 0 Å². The topological polar surface area (TPSA) is 88.1 Å². The minimum atomic E-state index is -0.314. The lowest BCUT2D eigenvalue weighted by molar-refractivity contribution is -0.00502. The molecule has 0 bridgehead atoms. The molecule has 10 heteroatoms. The van der Waals surface area contributed by atoms with Gasteiger partial charge < -0.3 is 25.0 Å². The van der Waals surface area contributed by atoms with Crippen LogP contribution in [0.25, 0.3) is 0 Å². The maximum atomic E-state index is 12.0. The van der Waals surface area contributed by atoms with Crippen molar-refractivity contribution in [1.29, 1.82) is 0 Å². The molecule has 1 saturated heterocycles. The Labute approximate surface area is 194 Å². The van der Waals surface area contributed by atoms with Gasteiger partial charge in [-0.05, 0) is 47.7 Å². The van der Waals surface area contributed by atoms with Gasteiger partial charge in [-0.2, -0.15) is 0 Å². The summed E-state index contributed by atoms with van der Waals surface area (Å²) in [4.78, 5) is 23.8. The number of aromatic nitrogens is 1. The summed E-state index contributed by atoms with van der Waals surface area (Å²) in [6.07, 6.45) is 1.96. The van der Waals surface area contributed by atoms with E-state index < -0.39 is 0 Å². The molecule has 0 saturated carbocycles. The zero-order valence-electron chi connectivity index (χ0n) is 18.2. The molecule has 166 valence electrons. The second kappa shape index (κ2) is 12.0. The van der Waals surface area contributed by atoms with Gasteiger partial charge in [0, 0.05) is 32.3 Å². The highest BCUT2D eigenvalue weighted by molar-refractivity contribution is 14.0. The number of nitrogens with zero attached hydrogens (tertiary/aromatic N) is 3. The van der Waals surface area contributed by atoms with Crippen LogP contribution in [0.1, 0.15) is 53.1 Å². The molecule has 1 aromatic rings.